The van der Waals surface area contributed by atoms with Gasteiger partial charge in [0.2, 0.25) is 5.91 Å². The molecule has 6 heteroatoms. The average Bonchev–Trinajstić information content (AvgIpc) is 2.64. The van der Waals surface area contributed by atoms with Crippen molar-refractivity contribution in [2.45, 2.75) is 26.2 Å². The number of pyridine rings is 1. The van der Waals surface area contributed by atoms with Crippen LogP contribution in [0.1, 0.15) is 36.7 Å². The van der Waals surface area contributed by atoms with E-state index in [2.05, 4.69) is 20.5 Å². The maximum Gasteiger partial charge on any atom is 0.274 e. The molecule has 1 aromatic heterocycles. The average molecular weight is 338 g/mol. The smallest absolute Gasteiger partial charge is 0.274 e. The zero-order valence-corrected chi connectivity index (χ0v) is 14.3. The van der Waals surface area contributed by atoms with Crippen molar-refractivity contribution in [3.8, 4) is 0 Å². The zero-order valence-electron chi connectivity index (χ0n) is 14.3. The first-order chi connectivity index (χ1) is 12.1. The molecule has 0 atom stereocenters. The first-order valence-corrected chi connectivity index (χ1v) is 8.52. The minimum Gasteiger partial charge on any atom is -0.370 e. The standard InChI is InChI=1S/C19H22N4O2/c1-14(24)21-15-5-7-16(8-6-15)22-19(25)18-10-9-17(13-20-18)23-11-3-2-4-12-23/h5-10,13H,2-4,11-12H2,1H3,(H,21,24)(H,22,25). The van der Waals surface area contributed by atoms with Crippen molar-refractivity contribution < 1.29 is 9.59 Å². The fourth-order valence-electron chi connectivity index (χ4n) is 2.89. The van der Waals surface area contributed by atoms with Crippen molar-refractivity contribution in [3.63, 3.8) is 0 Å². The quantitative estimate of drug-likeness (QED) is 0.897. The predicted molar refractivity (Wildman–Crippen MR) is 99.0 cm³/mol. The largest absolute Gasteiger partial charge is 0.370 e. The summed E-state index contributed by atoms with van der Waals surface area (Å²) in [6.07, 6.45) is 5.46. The van der Waals surface area contributed by atoms with E-state index in [4.69, 9.17) is 0 Å². The van der Waals surface area contributed by atoms with E-state index in [1.54, 1.807) is 36.5 Å². The van der Waals surface area contributed by atoms with Gasteiger partial charge in [0.05, 0.1) is 11.9 Å². The second-order valence-corrected chi connectivity index (χ2v) is 6.16. The van der Waals surface area contributed by atoms with Crippen LogP contribution in [0.15, 0.2) is 42.6 Å². The van der Waals surface area contributed by atoms with Gasteiger partial charge in [-0.25, -0.2) is 4.98 Å². The lowest BCUT2D eigenvalue weighted by molar-refractivity contribution is -0.114. The van der Waals surface area contributed by atoms with E-state index >= 15 is 0 Å². The Bertz CT molecular complexity index is 735. The third-order valence-electron chi connectivity index (χ3n) is 4.16. The summed E-state index contributed by atoms with van der Waals surface area (Å²) >= 11 is 0. The van der Waals surface area contributed by atoms with E-state index in [1.807, 2.05) is 6.07 Å². The van der Waals surface area contributed by atoms with Gasteiger partial charge in [0.25, 0.3) is 5.91 Å². The van der Waals surface area contributed by atoms with Gasteiger partial charge in [0, 0.05) is 31.4 Å². The van der Waals surface area contributed by atoms with Gasteiger partial charge in [0.1, 0.15) is 5.69 Å². The molecule has 0 unspecified atom stereocenters. The maximum atomic E-state index is 12.3. The minimum atomic E-state index is -0.252. The molecular formula is C19H22N4O2. The minimum absolute atomic E-state index is 0.130. The molecule has 1 saturated heterocycles. The Labute approximate surface area is 147 Å². The summed E-state index contributed by atoms with van der Waals surface area (Å²) in [5, 5.41) is 5.50. The van der Waals surface area contributed by atoms with Crippen molar-refractivity contribution in [3.05, 3.63) is 48.3 Å². The number of carbonyl (C=O) groups is 2. The summed E-state index contributed by atoms with van der Waals surface area (Å²) in [6.45, 7) is 3.55. The number of aromatic nitrogens is 1. The first kappa shape index (κ1) is 17.0. The summed E-state index contributed by atoms with van der Waals surface area (Å²) in [5.41, 5.74) is 2.79. The predicted octanol–water partition coefficient (Wildman–Crippen LogP) is 3.28. The lowest BCUT2D eigenvalue weighted by atomic mass is 10.1. The van der Waals surface area contributed by atoms with Gasteiger partial charge in [-0.15, -0.1) is 0 Å². The Balaban J connectivity index is 1.61. The van der Waals surface area contributed by atoms with Crippen LogP contribution in [-0.2, 0) is 4.79 Å². The molecule has 130 valence electrons. The Kier molecular flexibility index (Phi) is 5.28. The van der Waals surface area contributed by atoms with Crippen molar-refractivity contribution in [2.75, 3.05) is 28.6 Å². The van der Waals surface area contributed by atoms with Gasteiger partial charge in [-0.05, 0) is 55.7 Å². The highest BCUT2D eigenvalue weighted by Gasteiger charge is 2.13. The van der Waals surface area contributed by atoms with Crippen LogP contribution >= 0.6 is 0 Å². The van der Waals surface area contributed by atoms with Crippen molar-refractivity contribution in [1.82, 2.24) is 4.98 Å². The molecular weight excluding hydrogens is 316 g/mol. The van der Waals surface area contributed by atoms with E-state index in [9.17, 15) is 9.59 Å². The molecule has 2 aromatic rings. The van der Waals surface area contributed by atoms with Crippen LogP contribution in [0.5, 0.6) is 0 Å². The molecule has 3 rings (SSSR count). The van der Waals surface area contributed by atoms with E-state index in [0.29, 0.717) is 17.1 Å². The van der Waals surface area contributed by atoms with Crippen molar-refractivity contribution in [2.24, 2.45) is 0 Å². The van der Waals surface area contributed by atoms with Crippen molar-refractivity contribution in [1.29, 1.82) is 0 Å². The summed E-state index contributed by atoms with van der Waals surface area (Å²) in [6, 6.07) is 10.7. The molecule has 1 fully saturated rings. The molecule has 0 bridgehead atoms. The summed E-state index contributed by atoms with van der Waals surface area (Å²) in [7, 11) is 0. The van der Waals surface area contributed by atoms with Gasteiger partial charge < -0.3 is 15.5 Å². The Morgan fingerprint density at radius 2 is 1.56 bits per heavy atom. The molecule has 1 aliphatic heterocycles. The molecule has 6 nitrogen and oxygen atoms in total. The van der Waals surface area contributed by atoms with Crippen LogP contribution in [0.25, 0.3) is 0 Å². The number of rotatable bonds is 4. The van der Waals surface area contributed by atoms with Gasteiger partial charge in [-0.1, -0.05) is 0 Å². The lowest BCUT2D eigenvalue weighted by Crippen LogP contribution is -2.29. The van der Waals surface area contributed by atoms with Crippen LogP contribution in [-0.4, -0.2) is 29.9 Å². The Morgan fingerprint density at radius 3 is 2.12 bits per heavy atom. The van der Waals surface area contributed by atoms with Gasteiger partial charge >= 0.3 is 0 Å². The molecule has 2 N–H and O–H groups in total. The van der Waals surface area contributed by atoms with Gasteiger partial charge in [-0.2, -0.15) is 0 Å². The maximum absolute atomic E-state index is 12.3. The topological polar surface area (TPSA) is 74.3 Å². The SMILES string of the molecule is CC(=O)Nc1ccc(NC(=O)c2ccc(N3CCCCC3)cn2)cc1. The number of benzene rings is 1. The summed E-state index contributed by atoms with van der Waals surface area (Å²) in [4.78, 5) is 29.9. The fourth-order valence-corrected chi connectivity index (χ4v) is 2.89. The van der Waals surface area contributed by atoms with E-state index in [1.165, 1.54) is 26.2 Å². The van der Waals surface area contributed by atoms with Crippen LogP contribution in [0, 0.1) is 0 Å². The normalized spacial score (nSPS) is 14.0. The van der Waals surface area contributed by atoms with E-state index in [0.717, 1.165) is 18.8 Å². The number of carbonyl (C=O) groups excluding carboxylic acids is 2. The summed E-state index contributed by atoms with van der Waals surface area (Å²) in [5.74, 6) is -0.382. The third-order valence-corrected chi connectivity index (χ3v) is 4.16. The fraction of sp³-hybridized carbons (Fsp3) is 0.316. The highest BCUT2D eigenvalue weighted by molar-refractivity contribution is 6.03. The van der Waals surface area contributed by atoms with Crippen molar-refractivity contribution >= 4 is 28.9 Å². The molecule has 1 aromatic carbocycles. The highest BCUT2D eigenvalue weighted by Crippen LogP contribution is 2.19. The van der Waals surface area contributed by atoms with Crippen LogP contribution < -0.4 is 15.5 Å². The molecule has 2 heterocycles. The molecule has 2 amide bonds. The third kappa shape index (κ3) is 4.56. The number of nitrogens with zero attached hydrogens (tertiary/aromatic N) is 2. The van der Waals surface area contributed by atoms with Crippen LogP contribution in [0.4, 0.5) is 17.1 Å². The monoisotopic (exact) mass is 338 g/mol. The molecule has 0 spiro atoms. The highest BCUT2D eigenvalue weighted by atomic mass is 16.2. The van der Waals surface area contributed by atoms with Crippen LogP contribution in [0.3, 0.4) is 0 Å². The van der Waals surface area contributed by atoms with Gasteiger partial charge in [-0.3, -0.25) is 9.59 Å². The van der Waals surface area contributed by atoms with Gasteiger partial charge in [0.15, 0.2) is 0 Å². The number of hydrogen-bond donors (Lipinski definition) is 2. The number of hydrogen-bond acceptors (Lipinski definition) is 4. The molecule has 0 aliphatic carbocycles. The number of piperidine rings is 1. The zero-order chi connectivity index (χ0) is 17.6. The lowest BCUT2D eigenvalue weighted by Gasteiger charge is -2.28. The molecule has 1 aliphatic rings. The Morgan fingerprint density at radius 1 is 0.920 bits per heavy atom. The van der Waals surface area contributed by atoms with E-state index < -0.39 is 0 Å². The van der Waals surface area contributed by atoms with E-state index in [-0.39, 0.29) is 11.8 Å². The molecule has 0 radical (unpaired) electrons. The molecule has 25 heavy (non-hydrogen) atoms. The Hall–Kier alpha value is -2.89. The number of anilines is 3. The summed E-state index contributed by atoms with van der Waals surface area (Å²) < 4.78 is 0. The number of nitrogens with one attached hydrogen (secondary N) is 2. The first-order valence-electron chi connectivity index (χ1n) is 8.52. The van der Waals surface area contributed by atoms with Crippen LogP contribution in [0.2, 0.25) is 0 Å². The second-order valence-electron chi connectivity index (χ2n) is 6.16. The molecule has 0 saturated carbocycles. The number of amides is 2. The second kappa shape index (κ2) is 7.79.